The standard InChI is InChI=1S/C16H21N5O2/c1-19(2)16-14(5-3-7-17-16)23-13-6-10-20(11-13)15(22)12-21-9-4-8-18-21/h3-5,7-9,13H,6,10-12H2,1-2H3/t13-/m0/s1. The number of rotatable bonds is 5. The van der Waals surface area contributed by atoms with Gasteiger partial charge in [0.15, 0.2) is 11.6 Å². The Morgan fingerprint density at radius 1 is 1.39 bits per heavy atom. The van der Waals surface area contributed by atoms with Crippen LogP contribution in [0.5, 0.6) is 5.75 Å². The summed E-state index contributed by atoms with van der Waals surface area (Å²) in [7, 11) is 3.87. The van der Waals surface area contributed by atoms with Gasteiger partial charge in [-0.25, -0.2) is 4.98 Å². The van der Waals surface area contributed by atoms with Crippen LogP contribution in [0.3, 0.4) is 0 Å². The maximum atomic E-state index is 12.3. The number of carbonyl (C=O) groups is 1. The van der Waals surface area contributed by atoms with Gasteiger partial charge in [0.2, 0.25) is 5.91 Å². The first-order valence-corrected chi connectivity index (χ1v) is 7.67. The Labute approximate surface area is 135 Å². The third-order valence-corrected chi connectivity index (χ3v) is 3.82. The number of pyridine rings is 1. The summed E-state index contributed by atoms with van der Waals surface area (Å²) < 4.78 is 7.70. The van der Waals surface area contributed by atoms with Gasteiger partial charge in [0.05, 0.1) is 6.54 Å². The molecule has 0 radical (unpaired) electrons. The Hall–Kier alpha value is -2.57. The topological polar surface area (TPSA) is 63.5 Å². The molecule has 0 bridgehead atoms. The van der Waals surface area contributed by atoms with Crippen molar-refractivity contribution in [2.45, 2.75) is 19.1 Å². The first-order chi connectivity index (χ1) is 11.1. The largest absolute Gasteiger partial charge is 0.485 e. The number of anilines is 1. The molecule has 1 atom stereocenters. The van der Waals surface area contributed by atoms with Crippen molar-refractivity contribution in [3.8, 4) is 5.75 Å². The maximum Gasteiger partial charge on any atom is 0.244 e. The fraction of sp³-hybridized carbons (Fsp3) is 0.438. The van der Waals surface area contributed by atoms with Crippen LogP contribution in [0.2, 0.25) is 0 Å². The molecule has 3 heterocycles. The van der Waals surface area contributed by atoms with Gasteiger partial charge in [-0.2, -0.15) is 5.10 Å². The molecular weight excluding hydrogens is 294 g/mol. The van der Waals surface area contributed by atoms with E-state index in [1.54, 1.807) is 23.3 Å². The molecule has 1 fully saturated rings. The lowest BCUT2D eigenvalue weighted by molar-refractivity contribution is -0.131. The van der Waals surface area contributed by atoms with Crippen LogP contribution in [-0.2, 0) is 11.3 Å². The van der Waals surface area contributed by atoms with Crippen LogP contribution in [0.15, 0.2) is 36.8 Å². The highest BCUT2D eigenvalue weighted by atomic mass is 16.5. The smallest absolute Gasteiger partial charge is 0.244 e. The zero-order chi connectivity index (χ0) is 16.2. The number of aromatic nitrogens is 3. The molecule has 0 aromatic carbocycles. The summed E-state index contributed by atoms with van der Waals surface area (Å²) in [5.41, 5.74) is 0. The predicted octanol–water partition coefficient (Wildman–Crippen LogP) is 1.02. The molecule has 0 N–H and O–H groups in total. The average Bonchev–Trinajstić information content (AvgIpc) is 3.19. The molecule has 122 valence electrons. The van der Waals surface area contributed by atoms with Gasteiger partial charge in [-0.15, -0.1) is 0 Å². The zero-order valence-corrected chi connectivity index (χ0v) is 13.4. The molecule has 0 saturated carbocycles. The fourth-order valence-electron chi connectivity index (χ4n) is 2.67. The summed E-state index contributed by atoms with van der Waals surface area (Å²) in [6.07, 6.45) is 6.04. The highest BCUT2D eigenvalue weighted by molar-refractivity contribution is 5.76. The van der Waals surface area contributed by atoms with Gasteiger partial charge < -0.3 is 14.5 Å². The molecule has 7 heteroatoms. The van der Waals surface area contributed by atoms with Gasteiger partial charge in [0.25, 0.3) is 0 Å². The van der Waals surface area contributed by atoms with Crippen molar-refractivity contribution in [3.63, 3.8) is 0 Å². The average molecular weight is 315 g/mol. The molecule has 2 aromatic rings. The summed E-state index contributed by atoms with van der Waals surface area (Å²) in [5.74, 6) is 1.62. The number of amides is 1. The molecule has 1 saturated heterocycles. The van der Waals surface area contributed by atoms with Crippen molar-refractivity contribution < 1.29 is 9.53 Å². The third kappa shape index (κ3) is 3.61. The van der Waals surface area contributed by atoms with Crippen molar-refractivity contribution >= 4 is 11.7 Å². The van der Waals surface area contributed by atoms with Crippen LogP contribution in [0.25, 0.3) is 0 Å². The lowest BCUT2D eigenvalue weighted by Crippen LogP contribution is -2.33. The summed E-state index contributed by atoms with van der Waals surface area (Å²) in [6.45, 7) is 1.58. The number of carbonyl (C=O) groups excluding carboxylic acids is 1. The first-order valence-electron chi connectivity index (χ1n) is 7.67. The molecule has 23 heavy (non-hydrogen) atoms. The van der Waals surface area contributed by atoms with Crippen molar-refractivity contribution in [2.75, 3.05) is 32.1 Å². The summed E-state index contributed by atoms with van der Waals surface area (Å²) in [5, 5.41) is 4.07. The van der Waals surface area contributed by atoms with Crippen LogP contribution in [0, 0.1) is 0 Å². The van der Waals surface area contributed by atoms with Crippen LogP contribution < -0.4 is 9.64 Å². The van der Waals surface area contributed by atoms with Crippen LogP contribution in [0.1, 0.15) is 6.42 Å². The van der Waals surface area contributed by atoms with E-state index in [2.05, 4.69) is 10.1 Å². The van der Waals surface area contributed by atoms with Crippen LogP contribution in [-0.4, -0.2) is 58.9 Å². The number of ether oxygens (including phenoxy) is 1. The van der Waals surface area contributed by atoms with E-state index in [1.165, 1.54) is 0 Å². The Bertz CT molecular complexity index is 656. The Kier molecular flexibility index (Phi) is 4.45. The van der Waals surface area contributed by atoms with E-state index in [0.29, 0.717) is 13.1 Å². The second kappa shape index (κ2) is 6.68. The predicted molar refractivity (Wildman–Crippen MR) is 86.4 cm³/mol. The monoisotopic (exact) mass is 315 g/mol. The van der Waals surface area contributed by atoms with Crippen molar-refractivity contribution in [1.29, 1.82) is 0 Å². The molecule has 0 unspecified atom stereocenters. The van der Waals surface area contributed by atoms with Crippen molar-refractivity contribution in [3.05, 3.63) is 36.8 Å². The zero-order valence-electron chi connectivity index (χ0n) is 13.4. The highest BCUT2D eigenvalue weighted by Gasteiger charge is 2.28. The minimum absolute atomic E-state index is 0.000489. The normalized spacial score (nSPS) is 17.3. The van der Waals surface area contributed by atoms with Gasteiger partial charge in [0, 0.05) is 45.7 Å². The van der Waals surface area contributed by atoms with Crippen LogP contribution in [0.4, 0.5) is 5.82 Å². The highest BCUT2D eigenvalue weighted by Crippen LogP contribution is 2.26. The van der Waals surface area contributed by atoms with E-state index in [9.17, 15) is 4.79 Å². The number of hydrogen-bond acceptors (Lipinski definition) is 5. The Morgan fingerprint density at radius 3 is 3.00 bits per heavy atom. The molecule has 1 aliphatic rings. The second-order valence-corrected chi connectivity index (χ2v) is 5.79. The van der Waals surface area contributed by atoms with Crippen molar-refractivity contribution in [2.24, 2.45) is 0 Å². The summed E-state index contributed by atoms with van der Waals surface area (Å²) in [6, 6.07) is 5.59. The Morgan fingerprint density at radius 2 is 2.26 bits per heavy atom. The minimum Gasteiger partial charge on any atom is -0.485 e. The van der Waals surface area contributed by atoms with Gasteiger partial charge >= 0.3 is 0 Å². The first kappa shape index (κ1) is 15.3. The van der Waals surface area contributed by atoms with E-state index in [4.69, 9.17) is 4.74 Å². The number of likely N-dealkylation sites (tertiary alicyclic amines) is 1. The molecule has 0 spiro atoms. The molecule has 0 aliphatic carbocycles. The molecule has 3 rings (SSSR count). The van der Waals surface area contributed by atoms with Gasteiger partial charge in [-0.3, -0.25) is 9.48 Å². The SMILES string of the molecule is CN(C)c1ncccc1O[C@H]1CCN(C(=O)Cn2cccn2)C1. The van der Waals surface area contributed by atoms with Gasteiger partial charge in [-0.1, -0.05) is 0 Å². The molecular formula is C16H21N5O2. The van der Waals surface area contributed by atoms with E-state index in [0.717, 1.165) is 18.0 Å². The quantitative estimate of drug-likeness (QED) is 0.824. The second-order valence-electron chi connectivity index (χ2n) is 5.79. The van der Waals surface area contributed by atoms with E-state index < -0.39 is 0 Å². The van der Waals surface area contributed by atoms with E-state index in [1.807, 2.05) is 42.1 Å². The number of nitrogens with zero attached hydrogens (tertiary/aromatic N) is 5. The number of hydrogen-bond donors (Lipinski definition) is 0. The maximum absolute atomic E-state index is 12.3. The molecule has 1 amide bonds. The molecule has 1 aliphatic heterocycles. The summed E-state index contributed by atoms with van der Waals surface area (Å²) >= 11 is 0. The van der Waals surface area contributed by atoms with Gasteiger partial charge in [-0.05, 0) is 18.2 Å². The molecule has 7 nitrogen and oxygen atoms in total. The lowest BCUT2D eigenvalue weighted by atomic mass is 10.3. The Balaban J connectivity index is 1.59. The van der Waals surface area contributed by atoms with Crippen molar-refractivity contribution in [1.82, 2.24) is 19.7 Å². The lowest BCUT2D eigenvalue weighted by Gasteiger charge is -2.20. The summed E-state index contributed by atoms with van der Waals surface area (Å²) in [4.78, 5) is 20.4. The molecule has 2 aromatic heterocycles. The third-order valence-electron chi connectivity index (χ3n) is 3.82. The van der Waals surface area contributed by atoms with E-state index >= 15 is 0 Å². The van der Waals surface area contributed by atoms with E-state index in [-0.39, 0.29) is 18.6 Å². The van der Waals surface area contributed by atoms with Gasteiger partial charge in [0.1, 0.15) is 12.6 Å². The fourth-order valence-corrected chi connectivity index (χ4v) is 2.67. The minimum atomic E-state index is -0.000489. The van der Waals surface area contributed by atoms with Crippen LogP contribution >= 0.6 is 0 Å².